The van der Waals surface area contributed by atoms with E-state index in [9.17, 15) is 14.7 Å². The van der Waals surface area contributed by atoms with Crippen LogP contribution in [0.25, 0.3) is 44.4 Å². The van der Waals surface area contributed by atoms with Crippen LogP contribution in [-0.4, -0.2) is 31.5 Å². The van der Waals surface area contributed by atoms with Gasteiger partial charge in [-0.05, 0) is 67.1 Å². The van der Waals surface area contributed by atoms with Crippen LogP contribution in [0.2, 0.25) is 5.02 Å². The first kappa shape index (κ1) is 26.4. The van der Waals surface area contributed by atoms with Crippen LogP contribution in [0.4, 0.5) is 0 Å². The molecule has 0 saturated heterocycles. The quantitative estimate of drug-likeness (QED) is 0.205. The van der Waals surface area contributed by atoms with Crippen LogP contribution < -0.4 is 5.56 Å². The lowest BCUT2D eigenvalue weighted by molar-refractivity contribution is 0.0697. The number of nitrogens with zero attached hydrogens (tertiary/aromatic N) is 4. The van der Waals surface area contributed by atoms with Crippen molar-refractivity contribution in [2.45, 2.75) is 13.5 Å². The third-order valence-electron chi connectivity index (χ3n) is 7.58. The number of hydrogen-bond acceptors (Lipinski definition) is 5. The summed E-state index contributed by atoms with van der Waals surface area (Å²) in [6.45, 7) is 2.53. The van der Waals surface area contributed by atoms with E-state index in [1.165, 1.54) is 4.68 Å². The smallest absolute Gasteiger partial charge is 0.335 e. The van der Waals surface area contributed by atoms with Gasteiger partial charge in [0.15, 0.2) is 5.76 Å². The maximum absolute atomic E-state index is 13.8. The number of aromatic carboxylic acids is 1. The third-order valence-corrected chi connectivity index (χ3v) is 7.81. The van der Waals surface area contributed by atoms with Gasteiger partial charge in [-0.1, -0.05) is 54.1 Å². The van der Waals surface area contributed by atoms with Crippen LogP contribution in [0.5, 0.6) is 0 Å². The van der Waals surface area contributed by atoms with E-state index in [-0.39, 0.29) is 16.9 Å². The summed E-state index contributed by atoms with van der Waals surface area (Å²) in [4.78, 5) is 29.9. The molecular formula is C34H23ClN4O4. The fraction of sp³-hybridized carbons (Fsp3) is 0.0588. The first-order valence-electron chi connectivity index (χ1n) is 13.5. The molecule has 0 spiro atoms. The first-order valence-corrected chi connectivity index (χ1v) is 13.9. The highest BCUT2D eigenvalue weighted by atomic mass is 35.5. The second kappa shape index (κ2) is 10.4. The second-order valence-electron chi connectivity index (χ2n) is 10.2. The molecule has 0 saturated carbocycles. The molecule has 4 aromatic carbocycles. The minimum absolute atomic E-state index is 0.239. The molecule has 0 aliphatic heterocycles. The summed E-state index contributed by atoms with van der Waals surface area (Å²) in [5.41, 5.74) is 4.80. The van der Waals surface area contributed by atoms with Crippen LogP contribution in [0, 0.1) is 6.92 Å². The van der Waals surface area contributed by atoms with E-state index in [1.54, 1.807) is 60.8 Å². The van der Waals surface area contributed by atoms with E-state index in [1.807, 2.05) is 49.4 Å². The average Bonchev–Trinajstić information content (AvgIpc) is 3.55. The van der Waals surface area contributed by atoms with Gasteiger partial charge in [0.05, 0.1) is 22.7 Å². The minimum Gasteiger partial charge on any atom is -0.478 e. The summed E-state index contributed by atoms with van der Waals surface area (Å²) in [6.07, 6.45) is 1.68. The normalized spacial score (nSPS) is 11.8. The van der Waals surface area contributed by atoms with Crippen LogP contribution >= 0.6 is 11.6 Å². The second-order valence-corrected chi connectivity index (χ2v) is 10.6. The number of rotatable bonds is 6. The Morgan fingerprint density at radius 3 is 2.51 bits per heavy atom. The lowest BCUT2D eigenvalue weighted by atomic mass is 10.1. The highest BCUT2D eigenvalue weighted by molar-refractivity contribution is 6.31. The van der Waals surface area contributed by atoms with Gasteiger partial charge < -0.3 is 14.1 Å². The number of para-hydroxylation sites is 2. The molecule has 0 unspecified atom stereocenters. The maximum atomic E-state index is 13.8. The maximum Gasteiger partial charge on any atom is 0.335 e. The zero-order valence-electron chi connectivity index (χ0n) is 22.9. The first-order chi connectivity index (χ1) is 20.9. The van der Waals surface area contributed by atoms with E-state index in [2.05, 4.69) is 4.57 Å². The molecule has 210 valence electrons. The van der Waals surface area contributed by atoms with E-state index >= 15 is 0 Å². The molecular weight excluding hydrogens is 564 g/mol. The number of fused-ring (bicyclic) bond motifs is 3. The molecule has 7 rings (SSSR count). The SMILES string of the molecule is Cc1c(C=Nn2c(-c3cc4cc(Cl)ccc4o3)nc3ccccc3c2=O)c2ccccc2n1Cc1ccc(C(=O)O)cc1. The Bertz CT molecular complexity index is 2290. The van der Waals surface area contributed by atoms with Gasteiger partial charge in [-0.2, -0.15) is 9.78 Å². The van der Waals surface area contributed by atoms with Gasteiger partial charge in [-0.25, -0.2) is 9.78 Å². The fourth-order valence-corrected chi connectivity index (χ4v) is 5.57. The minimum atomic E-state index is -0.961. The largest absolute Gasteiger partial charge is 0.478 e. The van der Waals surface area contributed by atoms with E-state index in [4.69, 9.17) is 26.1 Å². The van der Waals surface area contributed by atoms with Gasteiger partial charge in [-0.15, -0.1) is 0 Å². The molecule has 3 aromatic heterocycles. The van der Waals surface area contributed by atoms with Crippen LogP contribution in [0.1, 0.15) is 27.2 Å². The monoisotopic (exact) mass is 586 g/mol. The molecule has 7 aromatic rings. The predicted molar refractivity (Wildman–Crippen MR) is 168 cm³/mol. The molecule has 0 bridgehead atoms. The number of hydrogen-bond donors (Lipinski definition) is 1. The summed E-state index contributed by atoms with van der Waals surface area (Å²) in [6, 6.07) is 29.1. The zero-order valence-corrected chi connectivity index (χ0v) is 23.6. The van der Waals surface area contributed by atoms with Gasteiger partial charge in [0, 0.05) is 39.1 Å². The van der Waals surface area contributed by atoms with Gasteiger partial charge >= 0.3 is 5.97 Å². The van der Waals surface area contributed by atoms with Gasteiger partial charge in [-0.3, -0.25) is 4.79 Å². The molecule has 0 fully saturated rings. The Labute approximate surface area is 249 Å². The molecule has 0 aliphatic carbocycles. The van der Waals surface area contributed by atoms with Crippen molar-refractivity contribution < 1.29 is 14.3 Å². The van der Waals surface area contributed by atoms with Crippen LogP contribution in [0.15, 0.2) is 111 Å². The number of carbonyl (C=O) groups is 1. The standard InChI is InChI=1S/C34H23ClN4O4/c1-20-27(25-6-3-5-9-29(25)38(20)19-21-10-12-22(13-11-21)34(41)42)18-36-39-32(37-28-8-4-2-7-26(28)33(39)40)31-17-23-16-24(35)14-15-30(23)43-31/h2-18H,19H2,1H3,(H,41,42). The van der Waals surface area contributed by atoms with Gasteiger partial charge in [0.1, 0.15) is 5.58 Å². The Morgan fingerprint density at radius 1 is 0.977 bits per heavy atom. The topological polar surface area (TPSA) is 103 Å². The van der Waals surface area contributed by atoms with Crippen molar-refractivity contribution in [3.63, 3.8) is 0 Å². The number of halogens is 1. The molecule has 43 heavy (non-hydrogen) atoms. The van der Waals surface area contributed by atoms with Crippen molar-refractivity contribution in [2.24, 2.45) is 5.10 Å². The summed E-state index contributed by atoms with van der Waals surface area (Å²) >= 11 is 6.20. The predicted octanol–water partition coefficient (Wildman–Crippen LogP) is 7.35. The lowest BCUT2D eigenvalue weighted by Crippen LogP contribution is -2.20. The molecule has 1 N–H and O–H groups in total. The van der Waals surface area contributed by atoms with Crippen LogP contribution in [-0.2, 0) is 6.54 Å². The summed E-state index contributed by atoms with van der Waals surface area (Å²) in [5, 5.41) is 16.7. The van der Waals surface area contributed by atoms with Gasteiger partial charge in [0.2, 0.25) is 5.82 Å². The molecule has 0 radical (unpaired) electrons. The summed E-state index contributed by atoms with van der Waals surface area (Å²) in [5.74, 6) is -0.301. The Hall–Kier alpha value is -5.47. The van der Waals surface area contributed by atoms with Gasteiger partial charge in [0.25, 0.3) is 5.56 Å². The molecule has 0 aliphatic rings. The fourth-order valence-electron chi connectivity index (χ4n) is 5.39. The Kier molecular flexibility index (Phi) is 6.40. The number of carboxylic acid groups (broad SMARTS) is 1. The number of aromatic nitrogens is 3. The highest BCUT2D eigenvalue weighted by Gasteiger charge is 2.18. The van der Waals surface area contributed by atoms with E-state index in [0.29, 0.717) is 33.8 Å². The van der Waals surface area contributed by atoms with Crippen molar-refractivity contribution in [3.05, 3.63) is 135 Å². The summed E-state index contributed by atoms with van der Waals surface area (Å²) in [7, 11) is 0. The van der Waals surface area contributed by atoms with E-state index in [0.717, 1.165) is 33.1 Å². The van der Waals surface area contributed by atoms with Crippen molar-refractivity contribution in [1.29, 1.82) is 0 Å². The Morgan fingerprint density at radius 2 is 1.72 bits per heavy atom. The highest BCUT2D eigenvalue weighted by Crippen LogP contribution is 2.30. The lowest BCUT2D eigenvalue weighted by Gasteiger charge is -2.09. The molecule has 8 nitrogen and oxygen atoms in total. The van der Waals surface area contributed by atoms with Crippen molar-refractivity contribution in [3.8, 4) is 11.6 Å². The molecule has 9 heteroatoms. The number of benzene rings is 4. The molecule has 3 heterocycles. The zero-order chi connectivity index (χ0) is 29.7. The number of furan rings is 1. The number of carboxylic acids is 1. The van der Waals surface area contributed by atoms with Crippen molar-refractivity contribution >= 4 is 56.6 Å². The van der Waals surface area contributed by atoms with Crippen molar-refractivity contribution in [2.75, 3.05) is 0 Å². The molecule has 0 atom stereocenters. The average molecular weight is 587 g/mol. The summed E-state index contributed by atoms with van der Waals surface area (Å²) < 4.78 is 9.52. The third kappa shape index (κ3) is 4.67. The molecule has 0 amide bonds. The van der Waals surface area contributed by atoms with Crippen molar-refractivity contribution in [1.82, 2.24) is 14.2 Å². The Balaban J connectivity index is 1.37. The van der Waals surface area contributed by atoms with E-state index < -0.39 is 5.97 Å². The van der Waals surface area contributed by atoms with Crippen LogP contribution in [0.3, 0.4) is 0 Å².